The monoisotopic (exact) mass is 418 g/mol. The Morgan fingerprint density at radius 3 is 2.70 bits per heavy atom. The highest BCUT2D eigenvalue weighted by molar-refractivity contribution is 5.89. The summed E-state index contributed by atoms with van der Waals surface area (Å²) >= 11 is 0. The molecule has 1 heterocycles. The molecule has 0 unspecified atom stereocenters. The van der Waals surface area contributed by atoms with Gasteiger partial charge in [0.05, 0.1) is 6.61 Å². The molecular formula is C22H34N4O4. The maximum absolute atomic E-state index is 12.9. The molecule has 8 nitrogen and oxygen atoms in total. The Bertz CT molecular complexity index is 683. The van der Waals surface area contributed by atoms with E-state index < -0.39 is 12.0 Å². The van der Waals surface area contributed by atoms with Crippen LogP contribution in [-0.2, 0) is 25.8 Å². The SMILES string of the molecule is CCCCC[C@@H](CC(=O)N1NCCC[C@H]1C(=O)NC)C(=O)NOCc1ccccc1. The van der Waals surface area contributed by atoms with Gasteiger partial charge in [-0.3, -0.25) is 24.2 Å². The van der Waals surface area contributed by atoms with E-state index in [4.69, 9.17) is 4.84 Å². The number of hydrogen-bond donors (Lipinski definition) is 3. The molecular weight excluding hydrogens is 384 g/mol. The average molecular weight is 419 g/mol. The summed E-state index contributed by atoms with van der Waals surface area (Å²) in [6.45, 7) is 2.98. The molecule has 1 aromatic rings. The van der Waals surface area contributed by atoms with Gasteiger partial charge in [-0.15, -0.1) is 0 Å². The van der Waals surface area contributed by atoms with Crippen molar-refractivity contribution in [2.45, 2.75) is 64.5 Å². The van der Waals surface area contributed by atoms with Gasteiger partial charge in [0.2, 0.25) is 17.7 Å². The van der Waals surface area contributed by atoms with Crippen LogP contribution in [0.4, 0.5) is 0 Å². The number of nitrogens with zero attached hydrogens (tertiary/aromatic N) is 1. The molecule has 2 rings (SSSR count). The number of hydrogen-bond acceptors (Lipinski definition) is 5. The predicted octanol–water partition coefficient (Wildman–Crippen LogP) is 2.06. The number of unbranched alkanes of at least 4 members (excludes halogenated alkanes) is 2. The number of likely N-dealkylation sites (N-methyl/N-ethyl adjacent to an activating group) is 1. The number of benzene rings is 1. The number of nitrogens with one attached hydrogen (secondary N) is 3. The Kier molecular flexibility index (Phi) is 10.3. The number of hydrazine groups is 1. The van der Waals surface area contributed by atoms with Crippen LogP contribution in [0.2, 0.25) is 0 Å². The van der Waals surface area contributed by atoms with E-state index >= 15 is 0 Å². The molecule has 0 saturated carbocycles. The zero-order valence-corrected chi connectivity index (χ0v) is 18.0. The van der Waals surface area contributed by atoms with Crippen molar-refractivity contribution in [2.24, 2.45) is 5.92 Å². The second-order valence-electron chi connectivity index (χ2n) is 7.58. The predicted molar refractivity (Wildman–Crippen MR) is 114 cm³/mol. The largest absolute Gasteiger partial charge is 0.357 e. The number of amides is 3. The molecule has 0 bridgehead atoms. The Labute approximate surface area is 178 Å². The van der Waals surface area contributed by atoms with Crippen LogP contribution >= 0.6 is 0 Å². The smallest absolute Gasteiger partial charge is 0.247 e. The molecule has 0 aliphatic carbocycles. The van der Waals surface area contributed by atoms with Crippen LogP contribution < -0.4 is 16.2 Å². The standard InChI is InChI=1S/C22H34N4O4/c1-3-4-6-12-18(21(28)25-30-16-17-10-7-5-8-11-17)15-20(27)26-19(22(29)23-2)13-9-14-24-26/h5,7-8,10-11,18-19,24H,3-4,6,9,12-16H2,1-2H3,(H,23,29)(H,25,28)/t18-,19-/m0/s1. The summed E-state index contributed by atoms with van der Waals surface area (Å²) < 4.78 is 0. The van der Waals surface area contributed by atoms with E-state index in [0.717, 1.165) is 31.2 Å². The van der Waals surface area contributed by atoms with E-state index in [1.165, 1.54) is 5.01 Å². The minimum Gasteiger partial charge on any atom is -0.357 e. The van der Waals surface area contributed by atoms with Crippen LogP contribution in [0.25, 0.3) is 0 Å². The first-order chi connectivity index (χ1) is 14.6. The van der Waals surface area contributed by atoms with Crippen molar-refractivity contribution in [1.29, 1.82) is 0 Å². The molecule has 2 atom stereocenters. The van der Waals surface area contributed by atoms with Gasteiger partial charge in [-0.1, -0.05) is 56.5 Å². The van der Waals surface area contributed by atoms with Gasteiger partial charge < -0.3 is 5.32 Å². The minimum atomic E-state index is -0.551. The summed E-state index contributed by atoms with van der Waals surface area (Å²) in [5.74, 6) is -1.26. The van der Waals surface area contributed by atoms with Gasteiger partial charge in [0, 0.05) is 25.9 Å². The zero-order valence-electron chi connectivity index (χ0n) is 18.0. The average Bonchev–Trinajstić information content (AvgIpc) is 2.78. The Balaban J connectivity index is 1.95. The third kappa shape index (κ3) is 7.42. The lowest BCUT2D eigenvalue weighted by atomic mass is 9.96. The number of carbonyl (C=O) groups is 3. The summed E-state index contributed by atoms with van der Waals surface area (Å²) in [6, 6.07) is 9.00. The highest BCUT2D eigenvalue weighted by Gasteiger charge is 2.34. The van der Waals surface area contributed by atoms with Crippen molar-refractivity contribution in [1.82, 2.24) is 21.2 Å². The number of carbonyl (C=O) groups excluding carboxylic acids is 3. The van der Waals surface area contributed by atoms with Gasteiger partial charge in [0.25, 0.3) is 0 Å². The van der Waals surface area contributed by atoms with Gasteiger partial charge in [-0.25, -0.2) is 10.9 Å². The molecule has 1 aliphatic rings. The third-order valence-electron chi connectivity index (χ3n) is 5.27. The molecule has 0 radical (unpaired) electrons. The first-order valence-corrected chi connectivity index (χ1v) is 10.8. The lowest BCUT2D eigenvalue weighted by Gasteiger charge is -2.35. The van der Waals surface area contributed by atoms with E-state index in [2.05, 4.69) is 23.1 Å². The fraction of sp³-hybridized carbons (Fsp3) is 0.591. The van der Waals surface area contributed by atoms with Crippen LogP contribution in [-0.4, -0.2) is 42.4 Å². The van der Waals surface area contributed by atoms with E-state index in [1.54, 1.807) is 7.05 Å². The molecule has 0 aromatic heterocycles. The molecule has 1 aromatic carbocycles. The molecule has 166 valence electrons. The summed E-state index contributed by atoms with van der Waals surface area (Å²) in [5.41, 5.74) is 6.47. The highest BCUT2D eigenvalue weighted by atomic mass is 16.6. The fourth-order valence-electron chi connectivity index (χ4n) is 3.54. The highest BCUT2D eigenvalue weighted by Crippen LogP contribution is 2.19. The molecule has 1 fully saturated rings. The first-order valence-electron chi connectivity index (χ1n) is 10.8. The van der Waals surface area contributed by atoms with Gasteiger partial charge in [0.15, 0.2) is 0 Å². The molecule has 3 amide bonds. The van der Waals surface area contributed by atoms with Crippen LogP contribution in [0, 0.1) is 5.92 Å². The quantitative estimate of drug-likeness (QED) is 0.377. The van der Waals surface area contributed by atoms with Crippen molar-refractivity contribution in [3.63, 3.8) is 0 Å². The Hall–Kier alpha value is -2.45. The fourth-order valence-corrected chi connectivity index (χ4v) is 3.54. The van der Waals surface area contributed by atoms with E-state index in [1.807, 2.05) is 30.3 Å². The molecule has 0 spiro atoms. The second-order valence-corrected chi connectivity index (χ2v) is 7.58. The zero-order chi connectivity index (χ0) is 21.8. The van der Waals surface area contributed by atoms with E-state index in [0.29, 0.717) is 19.4 Å². The number of hydroxylamine groups is 1. The third-order valence-corrected chi connectivity index (χ3v) is 5.27. The molecule has 8 heteroatoms. The van der Waals surface area contributed by atoms with Gasteiger partial charge >= 0.3 is 0 Å². The van der Waals surface area contributed by atoms with Gasteiger partial charge in [-0.05, 0) is 24.8 Å². The summed E-state index contributed by atoms with van der Waals surface area (Å²) in [6.07, 6.45) is 4.92. The van der Waals surface area contributed by atoms with Crippen molar-refractivity contribution in [3.05, 3.63) is 35.9 Å². The van der Waals surface area contributed by atoms with E-state index in [-0.39, 0.29) is 30.7 Å². The minimum absolute atomic E-state index is 0.0325. The summed E-state index contributed by atoms with van der Waals surface area (Å²) in [4.78, 5) is 43.2. The molecule has 30 heavy (non-hydrogen) atoms. The van der Waals surface area contributed by atoms with Crippen molar-refractivity contribution in [3.8, 4) is 0 Å². The van der Waals surface area contributed by atoms with Crippen LogP contribution in [0.3, 0.4) is 0 Å². The van der Waals surface area contributed by atoms with Crippen LogP contribution in [0.1, 0.15) is 57.4 Å². The maximum Gasteiger partial charge on any atom is 0.247 e. The van der Waals surface area contributed by atoms with Crippen molar-refractivity contribution < 1.29 is 19.2 Å². The Morgan fingerprint density at radius 1 is 1.23 bits per heavy atom. The lowest BCUT2D eigenvalue weighted by molar-refractivity contribution is -0.150. The van der Waals surface area contributed by atoms with Crippen LogP contribution in [0.15, 0.2) is 30.3 Å². The first kappa shape index (κ1) is 23.8. The lowest BCUT2D eigenvalue weighted by Crippen LogP contribution is -2.58. The van der Waals surface area contributed by atoms with Gasteiger partial charge in [0.1, 0.15) is 6.04 Å². The Morgan fingerprint density at radius 2 is 2.00 bits per heavy atom. The number of rotatable bonds is 11. The van der Waals surface area contributed by atoms with Crippen molar-refractivity contribution in [2.75, 3.05) is 13.6 Å². The summed E-state index contributed by atoms with van der Waals surface area (Å²) in [5, 5.41) is 4.00. The van der Waals surface area contributed by atoms with Gasteiger partial charge in [-0.2, -0.15) is 0 Å². The topological polar surface area (TPSA) is 99.8 Å². The molecule has 1 saturated heterocycles. The van der Waals surface area contributed by atoms with Crippen molar-refractivity contribution >= 4 is 17.7 Å². The second kappa shape index (κ2) is 13.0. The van der Waals surface area contributed by atoms with E-state index in [9.17, 15) is 14.4 Å². The molecule has 1 aliphatic heterocycles. The van der Waals surface area contributed by atoms with Crippen LogP contribution in [0.5, 0.6) is 0 Å². The molecule has 3 N–H and O–H groups in total. The summed E-state index contributed by atoms with van der Waals surface area (Å²) in [7, 11) is 1.56. The normalized spacial score (nSPS) is 17.3. The maximum atomic E-state index is 12.9.